The Morgan fingerprint density at radius 1 is 1.47 bits per heavy atom. The van der Waals surface area contributed by atoms with Gasteiger partial charge in [-0.2, -0.15) is 0 Å². The fraction of sp³-hybridized carbons (Fsp3) is 0.100. The summed E-state index contributed by atoms with van der Waals surface area (Å²) in [5.74, 6) is -1.18. The van der Waals surface area contributed by atoms with Crippen LogP contribution in [0.25, 0.3) is 6.08 Å². The molecule has 0 aliphatic heterocycles. The third-order valence-corrected chi connectivity index (χ3v) is 1.76. The first-order chi connectivity index (χ1) is 7.04. The van der Waals surface area contributed by atoms with Crippen LogP contribution >= 0.6 is 0 Å². The third kappa shape index (κ3) is 2.63. The number of nitrogens with zero attached hydrogens (tertiary/aromatic N) is 1. The van der Waals surface area contributed by atoms with Crippen molar-refractivity contribution in [1.29, 1.82) is 0 Å². The zero-order valence-corrected chi connectivity index (χ0v) is 8.01. The van der Waals surface area contributed by atoms with E-state index in [0.29, 0.717) is 5.56 Å². The molecule has 0 aliphatic carbocycles. The van der Waals surface area contributed by atoms with Crippen LogP contribution in [-0.4, -0.2) is 16.0 Å². The summed E-state index contributed by atoms with van der Waals surface area (Å²) in [7, 11) is 0. The Balaban J connectivity index is 3.32. The van der Waals surface area contributed by atoms with Gasteiger partial charge in [-0.05, 0) is 18.6 Å². The lowest BCUT2D eigenvalue weighted by molar-refractivity contribution is -0.384. The van der Waals surface area contributed by atoms with Crippen LogP contribution in [0.3, 0.4) is 0 Å². The maximum atomic E-state index is 10.7. The maximum Gasteiger partial charge on any atom is 0.335 e. The number of carboxylic acids is 1. The Kier molecular flexibility index (Phi) is 3.17. The van der Waals surface area contributed by atoms with Crippen molar-refractivity contribution >= 4 is 17.7 Å². The van der Waals surface area contributed by atoms with Gasteiger partial charge in [0.1, 0.15) is 0 Å². The Hall–Kier alpha value is -2.17. The van der Waals surface area contributed by atoms with Gasteiger partial charge in [0.05, 0.1) is 10.5 Å². The number of carboxylic acid groups (broad SMARTS) is 1. The molecule has 0 aliphatic rings. The second kappa shape index (κ2) is 4.36. The van der Waals surface area contributed by atoms with Crippen LogP contribution in [-0.2, 0) is 0 Å². The largest absolute Gasteiger partial charge is 0.478 e. The van der Waals surface area contributed by atoms with Crippen LogP contribution in [0.2, 0.25) is 0 Å². The fourth-order valence-corrected chi connectivity index (χ4v) is 1.15. The lowest BCUT2D eigenvalue weighted by Gasteiger charge is -1.98. The molecule has 0 atom stereocenters. The van der Waals surface area contributed by atoms with Gasteiger partial charge in [-0.25, -0.2) is 4.79 Å². The average Bonchev–Trinajstić information content (AvgIpc) is 2.17. The Labute approximate surface area is 85.8 Å². The molecule has 78 valence electrons. The molecule has 15 heavy (non-hydrogen) atoms. The number of rotatable bonds is 3. The van der Waals surface area contributed by atoms with E-state index in [-0.39, 0.29) is 11.3 Å². The second-order valence-electron chi connectivity index (χ2n) is 2.88. The van der Waals surface area contributed by atoms with Crippen molar-refractivity contribution < 1.29 is 14.8 Å². The zero-order chi connectivity index (χ0) is 11.4. The van der Waals surface area contributed by atoms with Crippen LogP contribution in [0.1, 0.15) is 22.8 Å². The predicted octanol–water partition coefficient (Wildman–Crippen LogP) is 2.33. The molecule has 0 unspecified atom stereocenters. The topological polar surface area (TPSA) is 80.4 Å². The van der Waals surface area contributed by atoms with Gasteiger partial charge in [-0.1, -0.05) is 12.2 Å². The highest BCUT2D eigenvalue weighted by Gasteiger charge is 2.12. The van der Waals surface area contributed by atoms with E-state index >= 15 is 0 Å². The monoisotopic (exact) mass is 207 g/mol. The maximum absolute atomic E-state index is 10.7. The van der Waals surface area contributed by atoms with Gasteiger partial charge in [-0.15, -0.1) is 0 Å². The number of aromatic carboxylic acids is 1. The highest BCUT2D eigenvalue weighted by Crippen LogP contribution is 2.18. The lowest BCUT2D eigenvalue weighted by atomic mass is 10.1. The van der Waals surface area contributed by atoms with Gasteiger partial charge in [-0.3, -0.25) is 10.1 Å². The first-order valence-corrected chi connectivity index (χ1v) is 4.20. The normalized spacial score (nSPS) is 10.5. The number of carbonyl (C=O) groups is 1. The molecule has 0 saturated heterocycles. The standard InChI is InChI=1S/C10H9NO4/c1-2-3-7-4-8(10(12)13)6-9(5-7)11(14)15/h2-6H,1H3,(H,12,13). The highest BCUT2D eigenvalue weighted by atomic mass is 16.6. The minimum absolute atomic E-state index is 0.0858. The van der Waals surface area contributed by atoms with Gasteiger partial charge in [0, 0.05) is 12.1 Å². The van der Waals surface area contributed by atoms with Crippen LogP contribution in [0.15, 0.2) is 24.3 Å². The number of hydrogen-bond donors (Lipinski definition) is 1. The number of non-ortho nitro benzene ring substituents is 1. The summed E-state index contributed by atoms with van der Waals surface area (Å²) in [6.45, 7) is 1.75. The van der Waals surface area contributed by atoms with Crippen LogP contribution < -0.4 is 0 Å². The molecule has 5 heteroatoms. The molecule has 0 saturated carbocycles. The molecule has 1 aromatic carbocycles. The first-order valence-electron chi connectivity index (χ1n) is 4.20. The summed E-state index contributed by atoms with van der Waals surface area (Å²) >= 11 is 0. The van der Waals surface area contributed by atoms with Gasteiger partial charge < -0.3 is 5.11 Å². The van der Waals surface area contributed by atoms with E-state index in [9.17, 15) is 14.9 Å². The summed E-state index contributed by atoms with van der Waals surface area (Å²) in [5.41, 5.74) is 0.199. The van der Waals surface area contributed by atoms with Crippen molar-refractivity contribution in [1.82, 2.24) is 0 Å². The molecule has 0 heterocycles. The number of nitro groups is 1. The van der Waals surface area contributed by atoms with E-state index in [1.807, 2.05) is 0 Å². The second-order valence-corrected chi connectivity index (χ2v) is 2.88. The van der Waals surface area contributed by atoms with Crippen LogP contribution in [0.5, 0.6) is 0 Å². The highest BCUT2D eigenvalue weighted by molar-refractivity contribution is 5.89. The van der Waals surface area contributed by atoms with Gasteiger partial charge in [0.15, 0.2) is 0 Å². The minimum atomic E-state index is -1.18. The minimum Gasteiger partial charge on any atom is -0.478 e. The number of nitro benzene ring substituents is 1. The number of benzene rings is 1. The van der Waals surface area contributed by atoms with Gasteiger partial charge in [0.2, 0.25) is 0 Å². The molecule has 0 fully saturated rings. The van der Waals surface area contributed by atoms with Crippen molar-refractivity contribution in [3.63, 3.8) is 0 Å². The van der Waals surface area contributed by atoms with Crippen molar-refractivity contribution in [2.45, 2.75) is 6.92 Å². The van der Waals surface area contributed by atoms with Gasteiger partial charge in [0.25, 0.3) is 5.69 Å². The van der Waals surface area contributed by atoms with E-state index in [1.165, 1.54) is 12.1 Å². The number of allylic oxidation sites excluding steroid dienone is 1. The molecular weight excluding hydrogens is 198 g/mol. The Morgan fingerprint density at radius 3 is 2.60 bits per heavy atom. The predicted molar refractivity (Wildman–Crippen MR) is 54.8 cm³/mol. The van der Waals surface area contributed by atoms with Crippen molar-refractivity contribution in [2.75, 3.05) is 0 Å². The van der Waals surface area contributed by atoms with Crippen molar-refractivity contribution in [3.8, 4) is 0 Å². The fourth-order valence-electron chi connectivity index (χ4n) is 1.15. The summed E-state index contributed by atoms with van der Waals surface area (Å²) in [4.78, 5) is 20.6. The van der Waals surface area contributed by atoms with Crippen LogP contribution in [0, 0.1) is 10.1 Å². The van der Waals surface area contributed by atoms with E-state index in [4.69, 9.17) is 5.11 Å². The molecule has 0 spiro atoms. The van der Waals surface area contributed by atoms with Crippen molar-refractivity contribution in [3.05, 3.63) is 45.5 Å². The molecule has 5 nitrogen and oxygen atoms in total. The van der Waals surface area contributed by atoms with Crippen LogP contribution in [0.4, 0.5) is 5.69 Å². The summed E-state index contributed by atoms with van der Waals surface area (Å²) in [6, 6.07) is 3.75. The molecular formula is C10H9NO4. The Morgan fingerprint density at radius 2 is 2.13 bits per heavy atom. The third-order valence-electron chi connectivity index (χ3n) is 1.76. The SMILES string of the molecule is CC=Cc1cc(C(=O)O)cc([N+](=O)[O-])c1. The van der Waals surface area contributed by atoms with E-state index in [1.54, 1.807) is 19.1 Å². The lowest BCUT2D eigenvalue weighted by Crippen LogP contribution is -1.99. The molecule has 0 radical (unpaired) electrons. The molecule has 0 bridgehead atoms. The molecule has 1 rings (SSSR count). The molecule has 0 amide bonds. The molecule has 1 N–H and O–H groups in total. The summed E-state index contributed by atoms with van der Waals surface area (Å²) in [6.07, 6.45) is 3.30. The Bertz CT molecular complexity index is 405. The van der Waals surface area contributed by atoms with Crippen molar-refractivity contribution in [2.24, 2.45) is 0 Å². The summed E-state index contributed by atoms with van der Waals surface area (Å²) < 4.78 is 0. The molecule has 1 aromatic rings. The van der Waals surface area contributed by atoms with Gasteiger partial charge >= 0.3 is 5.97 Å². The van der Waals surface area contributed by atoms with E-state index in [2.05, 4.69) is 0 Å². The molecule has 0 aromatic heterocycles. The quantitative estimate of drug-likeness (QED) is 0.609. The van der Waals surface area contributed by atoms with E-state index in [0.717, 1.165) is 6.07 Å². The first kappa shape index (κ1) is 10.9. The zero-order valence-electron chi connectivity index (χ0n) is 8.01. The number of hydrogen-bond acceptors (Lipinski definition) is 3. The van der Waals surface area contributed by atoms with E-state index < -0.39 is 10.9 Å². The smallest absolute Gasteiger partial charge is 0.335 e. The summed E-state index contributed by atoms with van der Waals surface area (Å²) in [5, 5.41) is 19.3. The average molecular weight is 207 g/mol.